The topological polar surface area (TPSA) is 72.5 Å². The van der Waals surface area contributed by atoms with E-state index < -0.39 is 0 Å². The van der Waals surface area contributed by atoms with Crippen LogP contribution in [-0.4, -0.2) is 36.7 Å². The largest absolute Gasteiger partial charge is 0.497 e. The number of pyridine rings is 1. The number of ether oxygens (including phenoxy) is 2. The number of rotatable bonds is 7. The molecule has 31 heavy (non-hydrogen) atoms. The Kier molecular flexibility index (Phi) is 7.95. The molecule has 1 fully saturated rings. The third-order valence-corrected chi connectivity index (χ3v) is 5.45. The predicted octanol–water partition coefficient (Wildman–Crippen LogP) is 4.58. The van der Waals surface area contributed by atoms with E-state index in [1.54, 1.807) is 13.2 Å². The SMILES string of the molecule is COc1cccc(OCC(=O)NC2CCC(Nc3ccc4ccccc4n3)CC2)c1.Cl. The van der Waals surface area contributed by atoms with E-state index in [1.165, 1.54) is 0 Å². The fraction of sp³-hybridized carbons (Fsp3) is 0.333. The summed E-state index contributed by atoms with van der Waals surface area (Å²) >= 11 is 0. The number of hydrogen-bond acceptors (Lipinski definition) is 5. The van der Waals surface area contributed by atoms with Gasteiger partial charge in [-0.3, -0.25) is 4.79 Å². The van der Waals surface area contributed by atoms with Crippen molar-refractivity contribution in [2.24, 2.45) is 0 Å². The highest BCUT2D eigenvalue weighted by atomic mass is 35.5. The minimum Gasteiger partial charge on any atom is -0.497 e. The normalized spacial score (nSPS) is 18.0. The maximum absolute atomic E-state index is 12.2. The second kappa shape index (κ2) is 10.9. The molecule has 0 aliphatic heterocycles. The molecule has 2 N–H and O–H groups in total. The number of hydrogen-bond donors (Lipinski definition) is 2. The van der Waals surface area contributed by atoms with Crippen LogP contribution in [0.5, 0.6) is 11.5 Å². The quantitative estimate of drug-likeness (QED) is 0.561. The minimum atomic E-state index is -0.0922. The van der Waals surface area contributed by atoms with Crippen molar-refractivity contribution < 1.29 is 14.3 Å². The van der Waals surface area contributed by atoms with Gasteiger partial charge >= 0.3 is 0 Å². The molecule has 1 saturated carbocycles. The number of aromatic nitrogens is 1. The summed E-state index contributed by atoms with van der Waals surface area (Å²) in [4.78, 5) is 16.9. The van der Waals surface area contributed by atoms with Gasteiger partial charge in [0.15, 0.2) is 6.61 Å². The van der Waals surface area contributed by atoms with Crippen LogP contribution in [-0.2, 0) is 4.79 Å². The number of fused-ring (bicyclic) bond motifs is 1. The second-order valence-electron chi connectivity index (χ2n) is 7.62. The number of amides is 1. The first-order valence-corrected chi connectivity index (χ1v) is 10.4. The van der Waals surface area contributed by atoms with Crippen molar-refractivity contribution in [3.05, 3.63) is 60.7 Å². The van der Waals surface area contributed by atoms with Crippen LogP contribution in [0.25, 0.3) is 10.9 Å². The molecule has 6 nitrogen and oxygen atoms in total. The summed E-state index contributed by atoms with van der Waals surface area (Å²) < 4.78 is 10.7. The Balaban J connectivity index is 0.00000272. The van der Waals surface area contributed by atoms with Gasteiger partial charge in [0.1, 0.15) is 17.3 Å². The number of para-hydroxylation sites is 1. The number of methoxy groups -OCH3 is 1. The lowest BCUT2D eigenvalue weighted by Gasteiger charge is -2.30. The number of nitrogens with one attached hydrogen (secondary N) is 2. The number of carbonyl (C=O) groups is 1. The second-order valence-corrected chi connectivity index (χ2v) is 7.62. The first-order chi connectivity index (χ1) is 14.7. The fourth-order valence-corrected chi connectivity index (χ4v) is 3.85. The first kappa shape index (κ1) is 22.7. The van der Waals surface area contributed by atoms with Gasteiger partial charge in [0.25, 0.3) is 5.91 Å². The van der Waals surface area contributed by atoms with E-state index in [4.69, 9.17) is 14.5 Å². The minimum absolute atomic E-state index is 0. The summed E-state index contributed by atoms with van der Waals surface area (Å²) in [6.45, 7) is 0.00631. The Morgan fingerprint density at radius 1 is 0.968 bits per heavy atom. The zero-order chi connectivity index (χ0) is 20.8. The Hall–Kier alpha value is -2.99. The van der Waals surface area contributed by atoms with Gasteiger partial charge in [0.2, 0.25) is 0 Å². The standard InChI is InChI=1S/C24H27N3O3.ClH/c1-29-20-6-4-7-21(15-20)30-16-24(28)26-19-12-10-18(11-13-19)25-23-14-9-17-5-2-3-8-22(17)27-23;/h2-9,14-15,18-19H,10-13,16H2,1H3,(H,25,27)(H,26,28);1H. The number of carbonyl (C=O) groups excluding carboxylic acids is 1. The van der Waals surface area contributed by atoms with E-state index in [0.717, 1.165) is 42.4 Å². The molecule has 0 unspecified atom stereocenters. The lowest BCUT2D eigenvalue weighted by atomic mass is 9.91. The fourth-order valence-electron chi connectivity index (χ4n) is 3.85. The average Bonchev–Trinajstić information content (AvgIpc) is 2.79. The van der Waals surface area contributed by atoms with Crippen LogP contribution < -0.4 is 20.1 Å². The molecule has 3 aromatic rings. The molecule has 0 bridgehead atoms. The maximum Gasteiger partial charge on any atom is 0.258 e. The Morgan fingerprint density at radius 2 is 1.71 bits per heavy atom. The highest BCUT2D eigenvalue weighted by Crippen LogP contribution is 2.23. The summed E-state index contributed by atoms with van der Waals surface area (Å²) in [6, 6.07) is 20.1. The van der Waals surface area contributed by atoms with E-state index >= 15 is 0 Å². The number of benzene rings is 2. The number of anilines is 1. The van der Waals surface area contributed by atoms with Crippen molar-refractivity contribution in [3.63, 3.8) is 0 Å². The molecule has 164 valence electrons. The molecule has 0 radical (unpaired) electrons. The van der Waals surface area contributed by atoms with Crippen LogP contribution in [0.4, 0.5) is 5.82 Å². The van der Waals surface area contributed by atoms with E-state index in [0.29, 0.717) is 17.5 Å². The van der Waals surface area contributed by atoms with Crippen LogP contribution in [0.1, 0.15) is 25.7 Å². The Labute approximate surface area is 188 Å². The molecule has 2 aromatic carbocycles. The van der Waals surface area contributed by atoms with Gasteiger partial charge in [-0.25, -0.2) is 4.98 Å². The third kappa shape index (κ3) is 6.25. The monoisotopic (exact) mass is 441 g/mol. The molecule has 0 saturated heterocycles. The van der Waals surface area contributed by atoms with E-state index in [1.807, 2.05) is 42.5 Å². The molecule has 1 aliphatic rings. The smallest absolute Gasteiger partial charge is 0.258 e. The van der Waals surface area contributed by atoms with Crippen molar-refractivity contribution in [2.45, 2.75) is 37.8 Å². The molecule has 7 heteroatoms. The zero-order valence-corrected chi connectivity index (χ0v) is 18.4. The van der Waals surface area contributed by atoms with Gasteiger partial charge in [-0.15, -0.1) is 12.4 Å². The zero-order valence-electron chi connectivity index (χ0n) is 17.5. The lowest BCUT2D eigenvalue weighted by Crippen LogP contribution is -2.42. The van der Waals surface area contributed by atoms with Crippen LogP contribution in [0.2, 0.25) is 0 Å². The van der Waals surface area contributed by atoms with Crippen LogP contribution >= 0.6 is 12.4 Å². The average molecular weight is 442 g/mol. The van der Waals surface area contributed by atoms with Crippen molar-refractivity contribution in [3.8, 4) is 11.5 Å². The van der Waals surface area contributed by atoms with Crippen LogP contribution in [0.15, 0.2) is 60.7 Å². The summed E-state index contributed by atoms with van der Waals surface area (Å²) in [6.07, 6.45) is 3.87. The number of halogens is 1. The van der Waals surface area contributed by atoms with Gasteiger partial charge in [0, 0.05) is 23.5 Å². The molecule has 1 amide bonds. The van der Waals surface area contributed by atoms with Gasteiger partial charge in [-0.05, 0) is 56.0 Å². The Bertz CT molecular complexity index is 1010. The highest BCUT2D eigenvalue weighted by Gasteiger charge is 2.22. The molecule has 1 aromatic heterocycles. The van der Waals surface area contributed by atoms with Crippen molar-refractivity contribution in [1.29, 1.82) is 0 Å². The summed E-state index contributed by atoms with van der Waals surface area (Å²) in [5.74, 6) is 2.15. The molecule has 0 atom stereocenters. The molecular formula is C24H28ClN3O3. The molecule has 1 heterocycles. The van der Waals surface area contributed by atoms with E-state index in [-0.39, 0.29) is 31.0 Å². The predicted molar refractivity (Wildman–Crippen MR) is 125 cm³/mol. The summed E-state index contributed by atoms with van der Waals surface area (Å²) in [5.41, 5.74) is 1.000. The van der Waals surface area contributed by atoms with Gasteiger partial charge in [-0.2, -0.15) is 0 Å². The van der Waals surface area contributed by atoms with Crippen LogP contribution in [0, 0.1) is 0 Å². The van der Waals surface area contributed by atoms with E-state index in [9.17, 15) is 4.79 Å². The Morgan fingerprint density at radius 3 is 2.52 bits per heavy atom. The molecular weight excluding hydrogens is 414 g/mol. The molecule has 4 rings (SSSR count). The summed E-state index contributed by atoms with van der Waals surface area (Å²) in [5, 5.41) is 7.78. The van der Waals surface area contributed by atoms with Crippen LogP contribution in [0.3, 0.4) is 0 Å². The van der Waals surface area contributed by atoms with E-state index in [2.05, 4.69) is 22.8 Å². The highest BCUT2D eigenvalue weighted by molar-refractivity contribution is 5.85. The van der Waals surface area contributed by atoms with Crippen molar-refractivity contribution in [1.82, 2.24) is 10.3 Å². The first-order valence-electron chi connectivity index (χ1n) is 10.4. The van der Waals surface area contributed by atoms with Gasteiger partial charge in [-0.1, -0.05) is 24.3 Å². The van der Waals surface area contributed by atoms with Crippen molar-refractivity contribution >= 4 is 35.0 Å². The molecule has 1 aliphatic carbocycles. The maximum atomic E-state index is 12.2. The summed E-state index contributed by atoms with van der Waals surface area (Å²) in [7, 11) is 1.60. The lowest BCUT2D eigenvalue weighted by molar-refractivity contribution is -0.124. The van der Waals surface area contributed by atoms with Gasteiger partial charge < -0.3 is 20.1 Å². The third-order valence-electron chi connectivity index (χ3n) is 5.45. The number of nitrogens with zero attached hydrogens (tertiary/aromatic N) is 1. The van der Waals surface area contributed by atoms with Gasteiger partial charge in [0.05, 0.1) is 12.6 Å². The van der Waals surface area contributed by atoms with Crippen molar-refractivity contribution in [2.75, 3.05) is 19.0 Å². The molecule has 0 spiro atoms.